The Bertz CT molecular complexity index is 986. The standard InChI is InChI=1S/C23H23N3O3/c1-15(28)25-13-23(14-25)22(21(12-27)26(23)16(2)29)20-9-7-19(8-10-20)18-5-3-17(11-24)4-6-18/h3-10,21-22,27H,12-14H2,1-2H3/t21-,22-/m1/s1. The number of hydrogen-bond donors (Lipinski definition) is 1. The Kier molecular flexibility index (Phi) is 4.64. The summed E-state index contributed by atoms with van der Waals surface area (Å²) >= 11 is 0. The molecule has 2 atom stereocenters. The van der Waals surface area contributed by atoms with Gasteiger partial charge in [0.1, 0.15) is 0 Å². The molecule has 0 saturated carbocycles. The van der Waals surface area contributed by atoms with Crippen LogP contribution in [0.15, 0.2) is 48.5 Å². The third-order valence-corrected chi connectivity index (χ3v) is 6.29. The number of aliphatic hydroxyl groups is 1. The lowest BCUT2D eigenvalue weighted by Gasteiger charge is -2.70. The normalized spacial score (nSPS) is 21.9. The second kappa shape index (κ2) is 7.02. The fourth-order valence-corrected chi connectivity index (χ4v) is 4.98. The van der Waals surface area contributed by atoms with Crippen molar-refractivity contribution in [2.75, 3.05) is 19.7 Å². The Labute approximate surface area is 170 Å². The molecule has 148 valence electrons. The van der Waals surface area contributed by atoms with Crippen LogP contribution in [-0.4, -0.2) is 58.0 Å². The van der Waals surface area contributed by atoms with Crippen LogP contribution in [0.3, 0.4) is 0 Å². The first-order valence-corrected chi connectivity index (χ1v) is 9.68. The van der Waals surface area contributed by atoms with Gasteiger partial charge in [0.2, 0.25) is 11.8 Å². The smallest absolute Gasteiger partial charge is 0.220 e. The van der Waals surface area contributed by atoms with Gasteiger partial charge in [-0.2, -0.15) is 5.26 Å². The number of benzene rings is 2. The molecule has 2 aromatic carbocycles. The van der Waals surface area contributed by atoms with Crippen molar-refractivity contribution in [1.82, 2.24) is 9.80 Å². The molecule has 2 aliphatic rings. The van der Waals surface area contributed by atoms with Crippen LogP contribution in [-0.2, 0) is 9.59 Å². The van der Waals surface area contributed by atoms with E-state index in [1.807, 2.05) is 36.4 Å². The summed E-state index contributed by atoms with van der Waals surface area (Å²) in [7, 11) is 0. The van der Waals surface area contributed by atoms with Crippen LogP contribution in [0, 0.1) is 11.3 Å². The zero-order valence-corrected chi connectivity index (χ0v) is 16.5. The fourth-order valence-electron chi connectivity index (χ4n) is 4.98. The molecule has 0 unspecified atom stereocenters. The molecule has 6 nitrogen and oxygen atoms in total. The maximum absolute atomic E-state index is 12.2. The van der Waals surface area contributed by atoms with Gasteiger partial charge in [-0.05, 0) is 28.8 Å². The van der Waals surface area contributed by atoms with Gasteiger partial charge in [-0.3, -0.25) is 9.59 Å². The van der Waals surface area contributed by atoms with Gasteiger partial charge in [-0.15, -0.1) is 0 Å². The van der Waals surface area contributed by atoms with Gasteiger partial charge in [-0.1, -0.05) is 36.4 Å². The molecule has 2 saturated heterocycles. The zero-order chi connectivity index (χ0) is 20.8. The summed E-state index contributed by atoms with van der Waals surface area (Å²) in [6, 6.07) is 17.4. The van der Waals surface area contributed by atoms with Crippen molar-refractivity contribution in [2.24, 2.45) is 0 Å². The highest BCUT2D eigenvalue weighted by Gasteiger charge is 2.67. The van der Waals surface area contributed by atoms with Crippen LogP contribution in [0.4, 0.5) is 0 Å². The molecule has 6 heteroatoms. The maximum Gasteiger partial charge on any atom is 0.220 e. The second-order valence-electron chi connectivity index (χ2n) is 7.91. The summed E-state index contributed by atoms with van der Waals surface area (Å²) in [5.74, 6) is -0.0822. The molecule has 29 heavy (non-hydrogen) atoms. The highest BCUT2D eigenvalue weighted by Crippen LogP contribution is 2.53. The van der Waals surface area contributed by atoms with Crippen molar-refractivity contribution in [3.05, 3.63) is 59.7 Å². The van der Waals surface area contributed by atoms with E-state index in [1.54, 1.807) is 21.9 Å². The molecule has 1 spiro atoms. The average molecular weight is 389 g/mol. The van der Waals surface area contributed by atoms with E-state index >= 15 is 0 Å². The molecular weight excluding hydrogens is 366 g/mol. The van der Waals surface area contributed by atoms with Crippen molar-refractivity contribution in [1.29, 1.82) is 5.26 Å². The van der Waals surface area contributed by atoms with Crippen molar-refractivity contribution in [3.63, 3.8) is 0 Å². The Morgan fingerprint density at radius 2 is 1.59 bits per heavy atom. The number of nitriles is 1. The number of carbonyl (C=O) groups excluding carboxylic acids is 2. The van der Waals surface area contributed by atoms with Gasteiger partial charge in [-0.25, -0.2) is 0 Å². The number of aliphatic hydroxyl groups excluding tert-OH is 1. The Morgan fingerprint density at radius 1 is 1.03 bits per heavy atom. The van der Waals surface area contributed by atoms with Crippen LogP contribution < -0.4 is 0 Å². The van der Waals surface area contributed by atoms with E-state index in [0.29, 0.717) is 18.7 Å². The van der Waals surface area contributed by atoms with Crippen LogP contribution >= 0.6 is 0 Å². The van der Waals surface area contributed by atoms with Crippen molar-refractivity contribution < 1.29 is 14.7 Å². The van der Waals surface area contributed by atoms with Gasteiger partial charge in [0.05, 0.1) is 29.8 Å². The average Bonchev–Trinajstić information content (AvgIpc) is 2.66. The minimum atomic E-state index is -0.430. The lowest BCUT2D eigenvalue weighted by Crippen LogP contribution is -2.85. The summed E-state index contributed by atoms with van der Waals surface area (Å²) in [5, 5.41) is 18.9. The summed E-state index contributed by atoms with van der Waals surface area (Å²) < 4.78 is 0. The molecule has 2 amide bonds. The van der Waals surface area contributed by atoms with Crippen molar-refractivity contribution >= 4 is 11.8 Å². The van der Waals surface area contributed by atoms with Gasteiger partial charge < -0.3 is 14.9 Å². The van der Waals surface area contributed by atoms with E-state index in [4.69, 9.17) is 5.26 Å². The molecule has 0 aromatic heterocycles. The highest BCUT2D eigenvalue weighted by atomic mass is 16.3. The van der Waals surface area contributed by atoms with Crippen molar-refractivity contribution in [2.45, 2.75) is 31.3 Å². The maximum atomic E-state index is 12.2. The topological polar surface area (TPSA) is 84.6 Å². The number of carbonyl (C=O) groups is 2. The Balaban J connectivity index is 1.62. The molecule has 0 radical (unpaired) electrons. The third-order valence-electron chi connectivity index (χ3n) is 6.29. The van der Waals surface area contributed by atoms with Gasteiger partial charge in [0.15, 0.2) is 0 Å². The first-order chi connectivity index (χ1) is 13.9. The van der Waals surface area contributed by atoms with Crippen LogP contribution in [0.25, 0.3) is 11.1 Å². The van der Waals surface area contributed by atoms with Gasteiger partial charge >= 0.3 is 0 Å². The van der Waals surface area contributed by atoms with Crippen molar-refractivity contribution in [3.8, 4) is 17.2 Å². The van der Waals surface area contributed by atoms with Crippen LogP contribution in [0.2, 0.25) is 0 Å². The van der Waals surface area contributed by atoms with E-state index in [-0.39, 0.29) is 30.4 Å². The van der Waals surface area contributed by atoms with Crippen LogP contribution in [0.5, 0.6) is 0 Å². The number of likely N-dealkylation sites (tertiary alicyclic amines) is 2. The molecule has 0 bridgehead atoms. The van der Waals surface area contributed by atoms with E-state index in [1.165, 1.54) is 13.8 Å². The molecule has 1 N–H and O–H groups in total. The lowest BCUT2D eigenvalue weighted by atomic mass is 9.60. The summed E-state index contributed by atoms with van der Waals surface area (Å²) in [6.45, 7) is 3.95. The predicted molar refractivity (Wildman–Crippen MR) is 108 cm³/mol. The molecule has 4 rings (SSSR count). The Hall–Kier alpha value is -3.17. The summed E-state index contributed by atoms with van der Waals surface area (Å²) in [5.41, 5.74) is 3.31. The van der Waals surface area contributed by atoms with E-state index in [2.05, 4.69) is 6.07 Å². The minimum Gasteiger partial charge on any atom is -0.394 e. The molecule has 2 aliphatic heterocycles. The quantitative estimate of drug-likeness (QED) is 0.872. The number of amides is 2. The molecule has 2 heterocycles. The largest absolute Gasteiger partial charge is 0.394 e. The molecular formula is C23H23N3O3. The number of hydrogen-bond acceptors (Lipinski definition) is 4. The molecule has 2 fully saturated rings. The highest BCUT2D eigenvalue weighted by molar-refractivity contribution is 5.80. The van der Waals surface area contributed by atoms with E-state index in [9.17, 15) is 14.7 Å². The van der Waals surface area contributed by atoms with Gasteiger partial charge in [0, 0.05) is 32.9 Å². The predicted octanol–water partition coefficient (Wildman–Crippen LogP) is 2.13. The number of nitrogens with zero attached hydrogens (tertiary/aromatic N) is 3. The van der Waals surface area contributed by atoms with Gasteiger partial charge in [0.25, 0.3) is 0 Å². The fraction of sp³-hybridized carbons (Fsp3) is 0.348. The molecule has 2 aromatic rings. The lowest BCUT2D eigenvalue weighted by molar-refractivity contribution is -0.200. The van der Waals surface area contributed by atoms with E-state index in [0.717, 1.165) is 16.7 Å². The summed E-state index contributed by atoms with van der Waals surface area (Å²) in [6.07, 6.45) is 0. The second-order valence-corrected chi connectivity index (χ2v) is 7.91. The third kappa shape index (κ3) is 2.90. The molecule has 0 aliphatic carbocycles. The minimum absolute atomic E-state index is 0.00138. The zero-order valence-electron chi connectivity index (χ0n) is 16.5. The Morgan fingerprint density at radius 3 is 2.03 bits per heavy atom. The SMILES string of the molecule is CC(=O)N1CC2(C1)[C@H](c1ccc(-c3ccc(C#N)cc3)cc1)[C@@H](CO)N2C(C)=O. The first kappa shape index (κ1) is 19.2. The first-order valence-electron chi connectivity index (χ1n) is 9.68. The van der Waals surface area contributed by atoms with E-state index < -0.39 is 5.54 Å². The monoisotopic (exact) mass is 389 g/mol. The van der Waals surface area contributed by atoms with Crippen LogP contribution in [0.1, 0.15) is 30.9 Å². The summed E-state index contributed by atoms with van der Waals surface area (Å²) in [4.78, 5) is 27.5. The number of rotatable bonds is 3.